The fourth-order valence-corrected chi connectivity index (χ4v) is 2.67. The van der Waals surface area contributed by atoms with Crippen molar-refractivity contribution in [3.05, 3.63) is 11.6 Å². The molecule has 12 heteroatoms. The normalized spacial score (nSPS) is 23.3. The quantitative estimate of drug-likeness (QED) is 0.760. The standard InChI is InChI=1S/C11H12F5N5O.ClH/c12-10(13)3-6(17-5-10)8(22)20-1-2-21-7(4-20)18-19-9(21)11(14,15)16;/h6,17H,1-5H2;1H. The Bertz CT molecular complexity index is 604. The van der Waals surface area contributed by atoms with Gasteiger partial charge in [0.25, 0.3) is 5.92 Å². The van der Waals surface area contributed by atoms with Crippen LogP contribution in [0, 0.1) is 0 Å². The molecule has 0 radical (unpaired) electrons. The van der Waals surface area contributed by atoms with Crippen LogP contribution in [0.1, 0.15) is 18.1 Å². The number of nitrogens with one attached hydrogen (secondary N) is 1. The second kappa shape index (κ2) is 5.86. The number of carbonyl (C=O) groups is 1. The molecule has 0 aliphatic carbocycles. The van der Waals surface area contributed by atoms with Crippen molar-refractivity contribution in [2.75, 3.05) is 13.1 Å². The van der Waals surface area contributed by atoms with Crippen LogP contribution >= 0.6 is 12.4 Å². The summed E-state index contributed by atoms with van der Waals surface area (Å²) in [7, 11) is 0. The number of nitrogens with zero attached hydrogens (tertiary/aromatic N) is 4. The smallest absolute Gasteiger partial charge is 0.332 e. The van der Waals surface area contributed by atoms with Gasteiger partial charge in [-0.05, 0) is 0 Å². The number of hydrogen-bond donors (Lipinski definition) is 1. The number of halogens is 6. The Morgan fingerprint density at radius 1 is 1.26 bits per heavy atom. The SMILES string of the molecule is Cl.O=C(C1CC(F)(F)CN1)N1CCn2c(nnc2C(F)(F)F)C1. The number of alkyl halides is 5. The summed E-state index contributed by atoms with van der Waals surface area (Å²) in [5.41, 5.74) is 0. The van der Waals surface area contributed by atoms with Crippen molar-refractivity contribution < 1.29 is 26.7 Å². The van der Waals surface area contributed by atoms with Crippen molar-refractivity contribution in [1.82, 2.24) is 25.0 Å². The number of hydrogen-bond acceptors (Lipinski definition) is 4. The van der Waals surface area contributed by atoms with Gasteiger partial charge < -0.3 is 9.47 Å². The monoisotopic (exact) mass is 361 g/mol. The highest BCUT2D eigenvalue weighted by molar-refractivity contribution is 5.85. The van der Waals surface area contributed by atoms with Crippen LogP contribution in [0.4, 0.5) is 22.0 Å². The van der Waals surface area contributed by atoms with Crippen molar-refractivity contribution >= 4 is 18.3 Å². The van der Waals surface area contributed by atoms with Crippen LogP contribution < -0.4 is 5.32 Å². The number of fused-ring (bicyclic) bond motifs is 1. The van der Waals surface area contributed by atoms with Gasteiger partial charge in [0.2, 0.25) is 11.7 Å². The molecule has 6 nitrogen and oxygen atoms in total. The van der Waals surface area contributed by atoms with Crippen LogP contribution in [0.25, 0.3) is 0 Å². The Morgan fingerprint density at radius 2 is 1.96 bits per heavy atom. The Labute approximate surface area is 133 Å². The first-order valence-corrected chi connectivity index (χ1v) is 6.57. The third-order valence-electron chi connectivity index (χ3n) is 3.73. The van der Waals surface area contributed by atoms with Gasteiger partial charge in [-0.15, -0.1) is 22.6 Å². The van der Waals surface area contributed by atoms with E-state index in [1.54, 1.807) is 0 Å². The zero-order chi connectivity index (χ0) is 16.1. The molecule has 1 atom stereocenters. The lowest BCUT2D eigenvalue weighted by Gasteiger charge is -2.30. The van der Waals surface area contributed by atoms with E-state index in [0.717, 1.165) is 4.57 Å². The van der Waals surface area contributed by atoms with Crippen molar-refractivity contribution in [1.29, 1.82) is 0 Å². The molecule has 0 spiro atoms. The minimum atomic E-state index is -4.62. The molecule has 0 bridgehead atoms. The van der Waals surface area contributed by atoms with Gasteiger partial charge in [-0.2, -0.15) is 13.2 Å². The number of carbonyl (C=O) groups excluding carboxylic acids is 1. The fourth-order valence-electron chi connectivity index (χ4n) is 2.67. The average Bonchev–Trinajstić information content (AvgIpc) is 2.99. The minimum Gasteiger partial charge on any atom is -0.332 e. The highest BCUT2D eigenvalue weighted by Crippen LogP contribution is 2.30. The molecule has 1 saturated heterocycles. The molecular formula is C11H13ClF5N5O. The number of rotatable bonds is 1. The van der Waals surface area contributed by atoms with Crippen LogP contribution in [-0.2, 0) is 24.1 Å². The lowest BCUT2D eigenvalue weighted by Crippen LogP contribution is -2.47. The lowest BCUT2D eigenvalue weighted by molar-refractivity contribution is -0.148. The Hall–Kier alpha value is -1.49. The third kappa shape index (κ3) is 3.39. The van der Waals surface area contributed by atoms with Crippen LogP contribution in [0.2, 0.25) is 0 Å². The second-order valence-corrected chi connectivity index (χ2v) is 5.34. The summed E-state index contributed by atoms with van der Waals surface area (Å²) in [6, 6.07) is -1.02. The highest BCUT2D eigenvalue weighted by atomic mass is 35.5. The van der Waals surface area contributed by atoms with Crippen LogP contribution in [0.3, 0.4) is 0 Å². The molecule has 1 aromatic heterocycles. The molecule has 3 heterocycles. The topological polar surface area (TPSA) is 63.1 Å². The van der Waals surface area contributed by atoms with Crippen LogP contribution in [-0.4, -0.2) is 50.6 Å². The minimum absolute atomic E-state index is 0. The molecule has 1 amide bonds. The van der Waals surface area contributed by atoms with Gasteiger partial charge in [0.1, 0.15) is 0 Å². The molecule has 3 rings (SSSR count). The van der Waals surface area contributed by atoms with Gasteiger partial charge in [0.15, 0.2) is 5.82 Å². The summed E-state index contributed by atoms with van der Waals surface area (Å²) in [4.78, 5) is 13.4. The van der Waals surface area contributed by atoms with Crippen LogP contribution in [0.5, 0.6) is 0 Å². The molecule has 0 saturated carbocycles. The first kappa shape index (κ1) is 17.9. The molecule has 130 valence electrons. The second-order valence-electron chi connectivity index (χ2n) is 5.34. The molecule has 2 aliphatic heterocycles. The maximum atomic E-state index is 13.1. The summed E-state index contributed by atoms with van der Waals surface area (Å²) in [5.74, 6) is -4.61. The highest BCUT2D eigenvalue weighted by Gasteiger charge is 2.45. The predicted octanol–water partition coefficient (Wildman–Crippen LogP) is 1.06. The Morgan fingerprint density at radius 3 is 2.52 bits per heavy atom. The first-order valence-electron chi connectivity index (χ1n) is 6.57. The fraction of sp³-hybridized carbons (Fsp3) is 0.727. The summed E-state index contributed by atoms with van der Waals surface area (Å²) in [5, 5.41) is 8.97. The number of aromatic nitrogens is 3. The Balaban J connectivity index is 0.00000192. The van der Waals surface area contributed by atoms with Crippen molar-refractivity contribution in [2.45, 2.75) is 37.7 Å². The van der Waals surface area contributed by atoms with E-state index in [0.29, 0.717) is 0 Å². The zero-order valence-corrected chi connectivity index (χ0v) is 12.4. The van der Waals surface area contributed by atoms with Gasteiger partial charge in [-0.25, -0.2) is 8.78 Å². The van der Waals surface area contributed by atoms with Gasteiger partial charge >= 0.3 is 6.18 Å². The van der Waals surface area contributed by atoms with Crippen molar-refractivity contribution in [2.24, 2.45) is 0 Å². The van der Waals surface area contributed by atoms with E-state index in [1.807, 2.05) is 0 Å². The van der Waals surface area contributed by atoms with Crippen LogP contribution in [0.15, 0.2) is 0 Å². The van der Waals surface area contributed by atoms with E-state index in [-0.39, 0.29) is 37.9 Å². The molecule has 1 fully saturated rings. The molecule has 1 unspecified atom stereocenters. The molecule has 0 aromatic carbocycles. The van der Waals surface area contributed by atoms with E-state index in [1.165, 1.54) is 4.90 Å². The average molecular weight is 362 g/mol. The summed E-state index contributed by atoms with van der Waals surface area (Å²) in [6.45, 7) is -0.875. The van der Waals surface area contributed by atoms with Gasteiger partial charge in [0.05, 0.1) is 19.1 Å². The third-order valence-corrected chi connectivity index (χ3v) is 3.73. The van der Waals surface area contributed by atoms with E-state index in [2.05, 4.69) is 15.5 Å². The van der Waals surface area contributed by atoms with Gasteiger partial charge in [0, 0.05) is 19.5 Å². The van der Waals surface area contributed by atoms with E-state index < -0.39 is 42.8 Å². The van der Waals surface area contributed by atoms with Crippen molar-refractivity contribution in [3.8, 4) is 0 Å². The zero-order valence-electron chi connectivity index (χ0n) is 11.6. The summed E-state index contributed by atoms with van der Waals surface area (Å²) in [6.07, 6.45) is -5.23. The molecule has 1 N–H and O–H groups in total. The molecular weight excluding hydrogens is 349 g/mol. The van der Waals surface area contributed by atoms with E-state index >= 15 is 0 Å². The Kier molecular flexibility index (Phi) is 4.55. The predicted molar refractivity (Wildman–Crippen MR) is 69.0 cm³/mol. The van der Waals surface area contributed by atoms with E-state index in [9.17, 15) is 26.7 Å². The summed E-state index contributed by atoms with van der Waals surface area (Å²) >= 11 is 0. The van der Waals surface area contributed by atoms with E-state index in [4.69, 9.17) is 0 Å². The summed E-state index contributed by atoms with van der Waals surface area (Å²) < 4.78 is 65.2. The van der Waals surface area contributed by atoms with Gasteiger partial charge in [-0.3, -0.25) is 10.1 Å². The van der Waals surface area contributed by atoms with Crippen molar-refractivity contribution in [3.63, 3.8) is 0 Å². The van der Waals surface area contributed by atoms with Gasteiger partial charge in [-0.1, -0.05) is 0 Å². The maximum Gasteiger partial charge on any atom is 0.451 e. The lowest BCUT2D eigenvalue weighted by atomic mass is 10.1. The number of amides is 1. The molecule has 2 aliphatic rings. The molecule has 23 heavy (non-hydrogen) atoms. The maximum absolute atomic E-state index is 13.1. The largest absolute Gasteiger partial charge is 0.451 e. The molecule has 1 aromatic rings. The first-order chi connectivity index (χ1) is 10.2.